The second-order valence-electron chi connectivity index (χ2n) is 8.06. The highest BCUT2D eigenvalue weighted by Gasteiger charge is 2.58. The van der Waals surface area contributed by atoms with E-state index < -0.39 is 5.72 Å². The van der Waals surface area contributed by atoms with E-state index in [1.54, 1.807) is 13.3 Å². The van der Waals surface area contributed by atoms with Gasteiger partial charge in [-0.1, -0.05) is 65.6 Å². The molecule has 3 aromatic carbocycles. The van der Waals surface area contributed by atoms with E-state index in [1.165, 1.54) is 0 Å². The van der Waals surface area contributed by atoms with Crippen molar-refractivity contribution in [3.63, 3.8) is 0 Å². The Morgan fingerprint density at radius 1 is 0.909 bits per heavy atom. The first-order chi connectivity index (χ1) is 15.7. The summed E-state index contributed by atoms with van der Waals surface area (Å²) in [5.74, 6) is 1.50. The Kier molecular flexibility index (Phi) is 6.77. The fourth-order valence-corrected chi connectivity index (χ4v) is 4.57. The zero-order chi connectivity index (χ0) is 22.0. The molecule has 1 aromatic heterocycles. The van der Waals surface area contributed by atoms with Gasteiger partial charge in [0.05, 0.1) is 19.9 Å². The van der Waals surface area contributed by atoms with Crippen LogP contribution in [0.25, 0.3) is 0 Å². The Morgan fingerprint density at radius 2 is 1.55 bits per heavy atom. The van der Waals surface area contributed by atoms with Crippen LogP contribution in [0.15, 0.2) is 103 Å². The van der Waals surface area contributed by atoms with Crippen LogP contribution in [-0.4, -0.2) is 17.2 Å². The molecule has 0 spiro atoms. The number of anilines is 1. The molecule has 168 valence electrons. The SMILES string of the molecule is COc1ccc(C2(O)C(Cc3ccccc3)[n+]3cccnc3N2Cc2ccccc2)cc1.[Br-]. The van der Waals surface area contributed by atoms with E-state index in [4.69, 9.17) is 4.74 Å². The van der Waals surface area contributed by atoms with E-state index in [0.29, 0.717) is 13.0 Å². The molecule has 1 aliphatic rings. The Hall–Kier alpha value is -3.22. The Labute approximate surface area is 204 Å². The molecular formula is C27H26BrN3O2. The largest absolute Gasteiger partial charge is 1.00 e. The summed E-state index contributed by atoms with van der Waals surface area (Å²) in [6, 6.07) is 29.8. The molecule has 0 radical (unpaired) electrons. The molecule has 2 atom stereocenters. The van der Waals surface area contributed by atoms with E-state index in [2.05, 4.69) is 33.8 Å². The van der Waals surface area contributed by atoms with Crippen molar-refractivity contribution in [2.45, 2.75) is 24.7 Å². The highest BCUT2D eigenvalue weighted by atomic mass is 79.9. The van der Waals surface area contributed by atoms with E-state index in [1.807, 2.05) is 77.8 Å². The first kappa shape index (κ1) is 23.0. The standard InChI is InChI=1S/C27H26N3O2.BrH/c1-32-24-15-13-23(14-16-24)27(31)25(19-21-9-4-2-5-10-21)29-18-8-17-28-26(29)30(27)20-22-11-6-3-7-12-22;/h2-18,25,31H,19-20H2,1H3;1H/q+1;/p-1. The van der Waals surface area contributed by atoms with Crippen molar-refractivity contribution in [1.29, 1.82) is 0 Å². The molecular weight excluding hydrogens is 478 g/mol. The molecule has 0 aliphatic carbocycles. The molecule has 6 heteroatoms. The van der Waals surface area contributed by atoms with Gasteiger partial charge in [-0.15, -0.1) is 0 Å². The van der Waals surface area contributed by atoms with Crippen molar-refractivity contribution in [3.8, 4) is 5.75 Å². The summed E-state index contributed by atoms with van der Waals surface area (Å²) in [6.07, 6.45) is 4.45. The van der Waals surface area contributed by atoms with Crippen LogP contribution >= 0.6 is 0 Å². The predicted molar refractivity (Wildman–Crippen MR) is 123 cm³/mol. The fourth-order valence-electron chi connectivity index (χ4n) is 4.57. The van der Waals surface area contributed by atoms with Crippen molar-refractivity contribution >= 4 is 5.95 Å². The number of nitrogens with zero attached hydrogens (tertiary/aromatic N) is 3. The molecule has 0 bridgehead atoms. The first-order valence-electron chi connectivity index (χ1n) is 10.8. The molecule has 1 aliphatic heterocycles. The second-order valence-corrected chi connectivity index (χ2v) is 8.06. The lowest BCUT2D eigenvalue weighted by atomic mass is 9.89. The van der Waals surface area contributed by atoms with Crippen LogP contribution in [0.3, 0.4) is 0 Å². The van der Waals surface area contributed by atoms with Crippen LogP contribution in [0, 0.1) is 0 Å². The number of hydrogen-bond acceptors (Lipinski definition) is 4. The lowest BCUT2D eigenvalue weighted by Crippen LogP contribution is -3.00. The van der Waals surface area contributed by atoms with Gasteiger partial charge >= 0.3 is 5.95 Å². The number of ether oxygens (including phenoxy) is 1. The van der Waals surface area contributed by atoms with Crippen molar-refractivity contribution in [1.82, 2.24) is 4.98 Å². The molecule has 5 rings (SSSR count). The normalized spacial score (nSPS) is 19.0. The topological polar surface area (TPSA) is 49.5 Å². The van der Waals surface area contributed by atoms with E-state index >= 15 is 0 Å². The third-order valence-electron chi connectivity index (χ3n) is 6.18. The van der Waals surface area contributed by atoms with Crippen molar-refractivity contribution < 1.29 is 31.4 Å². The van der Waals surface area contributed by atoms with Gasteiger partial charge in [0.2, 0.25) is 5.72 Å². The summed E-state index contributed by atoms with van der Waals surface area (Å²) in [7, 11) is 1.65. The molecule has 2 heterocycles. The van der Waals surface area contributed by atoms with E-state index in [0.717, 1.165) is 28.4 Å². The molecule has 2 unspecified atom stereocenters. The summed E-state index contributed by atoms with van der Waals surface area (Å²) in [5, 5.41) is 12.5. The molecule has 33 heavy (non-hydrogen) atoms. The maximum absolute atomic E-state index is 12.5. The van der Waals surface area contributed by atoms with E-state index in [-0.39, 0.29) is 23.0 Å². The summed E-state index contributed by atoms with van der Waals surface area (Å²) < 4.78 is 7.46. The van der Waals surface area contributed by atoms with E-state index in [9.17, 15) is 5.11 Å². The Morgan fingerprint density at radius 3 is 2.18 bits per heavy atom. The third kappa shape index (κ3) is 4.24. The lowest BCUT2D eigenvalue weighted by molar-refractivity contribution is -0.713. The van der Waals surface area contributed by atoms with Gasteiger partial charge < -0.3 is 26.8 Å². The predicted octanol–water partition coefficient (Wildman–Crippen LogP) is 1.03. The maximum Gasteiger partial charge on any atom is 0.397 e. The average molecular weight is 504 g/mol. The second kappa shape index (κ2) is 9.73. The molecule has 4 aromatic rings. The minimum atomic E-state index is -1.29. The van der Waals surface area contributed by atoms with Crippen molar-refractivity contribution in [2.75, 3.05) is 12.0 Å². The average Bonchev–Trinajstić information content (AvgIpc) is 3.09. The van der Waals surface area contributed by atoms with Gasteiger partial charge in [-0.3, -0.25) is 0 Å². The van der Waals surface area contributed by atoms with Crippen LogP contribution in [0.5, 0.6) is 5.75 Å². The molecule has 5 nitrogen and oxygen atoms in total. The molecule has 0 fully saturated rings. The number of benzene rings is 3. The molecule has 0 amide bonds. The maximum atomic E-state index is 12.5. The van der Waals surface area contributed by atoms with Crippen LogP contribution in [0.2, 0.25) is 0 Å². The van der Waals surface area contributed by atoms with Crippen LogP contribution < -0.4 is 31.2 Å². The zero-order valence-corrected chi connectivity index (χ0v) is 20.0. The first-order valence-corrected chi connectivity index (χ1v) is 10.8. The van der Waals surface area contributed by atoms with Gasteiger partial charge in [0.1, 0.15) is 11.9 Å². The van der Waals surface area contributed by atoms with Crippen molar-refractivity contribution in [3.05, 3.63) is 120 Å². The minimum Gasteiger partial charge on any atom is -1.00 e. The summed E-state index contributed by atoms with van der Waals surface area (Å²) in [5.41, 5.74) is 1.78. The number of halogens is 1. The van der Waals surface area contributed by atoms with Gasteiger partial charge in [-0.25, -0.2) is 9.47 Å². The van der Waals surface area contributed by atoms with Gasteiger partial charge in [0.15, 0.2) is 6.04 Å². The van der Waals surface area contributed by atoms with Crippen LogP contribution in [0.1, 0.15) is 22.7 Å². The van der Waals surface area contributed by atoms with Crippen LogP contribution in [0.4, 0.5) is 5.95 Å². The van der Waals surface area contributed by atoms with Gasteiger partial charge in [-0.05, 0) is 35.4 Å². The Bertz CT molecular complexity index is 1120. The number of aliphatic hydroxyl groups is 1. The molecule has 0 saturated carbocycles. The van der Waals surface area contributed by atoms with Crippen LogP contribution in [-0.2, 0) is 18.7 Å². The number of methoxy groups -OCH3 is 1. The van der Waals surface area contributed by atoms with Gasteiger partial charge in [-0.2, -0.15) is 0 Å². The molecule has 1 N–H and O–H groups in total. The monoisotopic (exact) mass is 503 g/mol. The summed E-state index contributed by atoms with van der Waals surface area (Å²) in [4.78, 5) is 6.70. The Balaban J connectivity index is 0.00000259. The number of aromatic nitrogens is 2. The zero-order valence-electron chi connectivity index (χ0n) is 18.4. The highest BCUT2D eigenvalue weighted by Crippen LogP contribution is 2.44. The highest BCUT2D eigenvalue weighted by molar-refractivity contribution is 5.43. The fraction of sp³-hybridized carbons (Fsp3) is 0.185. The minimum absolute atomic E-state index is 0. The van der Waals surface area contributed by atoms with Gasteiger partial charge in [0.25, 0.3) is 0 Å². The summed E-state index contributed by atoms with van der Waals surface area (Å²) in [6.45, 7) is 0.533. The van der Waals surface area contributed by atoms with Gasteiger partial charge in [0, 0.05) is 18.1 Å². The smallest absolute Gasteiger partial charge is 0.397 e. The quantitative estimate of drug-likeness (QED) is 0.399. The lowest BCUT2D eigenvalue weighted by Gasteiger charge is -2.33. The number of fused-ring (bicyclic) bond motifs is 1. The number of hydrogen-bond donors (Lipinski definition) is 1. The van der Waals surface area contributed by atoms with Crippen molar-refractivity contribution in [2.24, 2.45) is 0 Å². The molecule has 0 saturated heterocycles. The number of rotatable bonds is 6. The third-order valence-corrected chi connectivity index (χ3v) is 6.18. The summed E-state index contributed by atoms with van der Waals surface area (Å²) >= 11 is 0.